The molecule has 1 saturated heterocycles. The number of rotatable bonds is 2. The van der Waals surface area contributed by atoms with Crippen molar-refractivity contribution in [1.82, 2.24) is 19.7 Å². The molecule has 0 saturated carbocycles. The number of alkyl halides is 6. The van der Waals surface area contributed by atoms with Gasteiger partial charge in [-0.3, -0.25) is 0 Å². The maximum atomic E-state index is 13.1. The number of aromatic nitrogens is 4. The van der Waals surface area contributed by atoms with Gasteiger partial charge in [0.1, 0.15) is 18.3 Å². The zero-order valence-electron chi connectivity index (χ0n) is 12.4. The summed E-state index contributed by atoms with van der Waals surface area (Å²) in [5, 5.41) is 31.3. The Morgan fingerprint density at radius 3 is 2.19 bits per heavy atom. The van der Waals surface area contributed by atoms with Crippen LogP contribution in [-0.2, 0) is 17.1 Å². The number of aliphatic hydroxyl groups excluding tert-OH is 3. The molecule has 1 aliphatic rings. The number of hydrogen-bond acceptors (Lipinski definition) is 7. The topological polar surface area (TPSA) is 114 Å². The van der Waals surface area contributed by atoms with Crippen molar-refractivity contribution < 1.29 is 46.4 Å². The lowest BCUT2D eigenvalue weighted by Gasteiger charge is -2.17. The predicted octanol–water partition coefficient (Wildman–Crippen LogP) is 0.475. The van der Waals surface area contributed by atoms with Gasteiger partial charge in [0.15, 0.2) is 17.6 Å². The van der Waals surface area contributed by atoms with Crippen LogP contribution in [-0.4, -0.2) is 60.0 Å². The Kier molecular flexibility index (Phi) is 4.33. The molecule has 0 aliphatic carbocycles. The van der Waals surface area contributed by atoms with Gasteiger partial charge in [-0.25, -0.2) is 14.6 Å². The third-order valence-corrected chi connectivity index (χ3v) is 3.73. The highest BCUT2D eigenvalue weighted by Crippen LogP contribution is 2.38. The average Bonchev–Trinajstić information content (AvgIpc) is 3.07. The molecule has 3 rings (SSSR count). The summed E-state index contributed by atoms with van der Waals surface area (Å²) in [7, 11) is 0. The SMILES string of the molecule is OC[C@H]1O[C@@H](n2ncc3c(C(F)(F)F)nc(C(F)(F)F)nc32)C(O)[C@@H]1O. The Morgan fingerprint density at radius 2 is 1.69 bits per heavy atom. The normalized spacial score (nSPS) is 27.4. The highest BCUT2D eigenvalue weighted by atomic mass is 19.4. The van der Waals surface area contributed by atoms with Crippen LogP contribution in [0, 0.1) is 0 Å². The van der Waals surface area contributed by atoms with Crippen molar-refractivity contribution in [2.75, 3.05) is 6.61 Å². The molecular formula is C12H10F6N4O4. The van der Waals surface area contributed by atoms with Crippen LogP contribution in [0.3, 0.4) is 0 Å². The van der Waals surface area contributed by atoms with Gasteiger partial charge in [-0.15, -0.1) is 0 Å². The summed E-state index contributed by atoms with van der Waals surface area (Å²) in [5.41, 5.74) is -2.75. The van der Waals surface area contributed by atoms with Crippen molar-refractivity contribution in [2.45, 2.75) is 36.9 Å². The van der Waals surface area contributed by atoms with Crippen molar-refractivity contribution in [3.05, 3.63) is 17.7 Å². The maximum absolute atomic E-state index is 13.1. The van der Waals surface area contributed by atoms with Crippen LogP contribution >= 0.6 is 0 Å². The summed E-state index contributed by atoms with van der Waals surface area (Å²) >= 11 is 0. The molecule has 144 valence electrons. The molecule has 26 heavy (non-hydrogen) atoms. The third-order valence-electron chi connectivity index (χ3n) is 3.73. The molecule has 1 aliphatic heterocycles. The molecule has 0 radical (unpaired) electrons. The molecule has 0 aromatic carbocycles. The van der Waals surface area contributed by atoms with Gasteiger partial charge < -0.3 is 20.1 Å². The second-order valence-corrected chi connectivity index (χ2v) is 5.45. The molecule has 2 aromatic heterocycles. The second-order valence-electron chi connectivity index (χ2n) is 5.45. The van der Waals surface area contributed by atoms with E-state index < -0.39 is 66.1 Å². The van der Waals surface area contributed by atoms with Crippen LogP contribution in [0.4, 0.5) is 26.3 Å². The molecule has 0 bridgehead atoms. The molecule has 0 spiro atoms. The van der Waals surface area contributed by atoms with E-state index >= 15 is 0 Å². The van der Waals surface area contributed by atoms with E-state index in [0.29, 0.717) is 10.9 Å². The molecule has 8 nitrogen and oxygen atoms in total. The quantitative estimate of drug-likeness (QED) is 0.641. The van der Waals surface area contributed by atoms with Crippen LogP contribution < -0.4 is 0 Å². The van der Waals surface area contributed by atoms with Crippen molar-refractivity contribution in [3.63, 3.8) is 0 Å². The second kappa shape index (κ2) is 6.00. The number of fused-ring (bicyclic) bond motifs is 1. The molecule has 14 heteroatoms. The van der Waals surface area contributed by atoms with Gasteiger partial charge in [0.2, 0.25) is 5.82 Å². The molecule has 2 aromatic rings. The zero-order valence-corrected chi connectivity index (χ0v) is 12.4. The van der Waals surface area contributed by atoms with Crippen LogP contribution in [0.15, 0.2) is 6.20 Å². The highest BCUT2D eigenvalue weighted by molar-refractivity contribution is 5.78. The van der Waals surface area contributed by atoms with E-state index in [2.05, 4.69) is 15.1 Å². The van der Waals surface area contributed by atoms with E-state index in [-0.39, 0.29) is 0 Å². The number of nitrogens with zero attached hydrogens (tertiary/aromatic N) is 4. The van der Waals surface area contributed by atoms with E-state index in [0.717, 1.165) is 0 Å². The standard InChI is InChI=1S/C12H10F6N4O4/c13-11(14,15)7-3-1-19-22(8(3)21-10(20-7)12(16,17)18)9-6(25)5(24)4(2-23)26-9/h1,4-6,9,23-25H,2H2/t4-,5-,6?,9-/m1/s1. The summed E-state index contributed by atoms with van der Waals surface area (Å²) in [6, 6.07) is 0. The molecule has 1 unspecified atom stereocenters. The summed E-state index contributed by atoms with van der Waals surface area (Å²) in [5.74, 6) is -2.05. The van der Waals surface area contributed by atoms with E-state index in [1.165, 1.54) is 0 Å². The Balaban J connectivity index is 2.20. The summed E-state index contributed by atoms with van der Waals surface area (Å²) in [6.07, 6.45) is -16.3. The molecule has 3 heterocycles. The van der Waals surface area contributed by atoms with Crippen LogP contribution in [0.1, 0.15) is 17.7 Å². The Labute approximate surface area is 139 Å². The lowest BCUT2D eigenvalue weighted by Crippen LogP contribution is -2.33. The van der Waals surface area contributed by atoms with Gasteiger partial charge in [-0.05, 0) is 0 Å². The van der Waals surface area contributed by atoms with E-state index in [1.807, 2.05) is 0 Å². The van der Waals surface area contributed by atoms with Crippen molar-refractivity contribution in [2.24, 2.45) is 0 Å². The van der Waals surface area contributed by atoms with Gasteiger partial charge in [0, 0.05) is 0 Å². The van der Waals surface area contributed by atoms with E-state index in [4.69, 9.17) is 9.84 Å². The first-order valence-corrected chi connectivity index (χ1v) is 6.97. The lowest BCUT2D eigenvalue weighted by molar-refractivity contribution is -0.151. The molecular weight excluding hydrogens is 378 g/mol. The largest absolute Gasteiger partial charge is 0.451 e. The summed E-state index contributed by atoms with van der Waals surface area (Å²) in [4.78, 5) is 5.61. The molecule has 0 amide bonds. The molecule has 1 fully saturated rings. The monoisotopic (exact) mass is 388 g/mol. The summed E-state index contributed by atoms with van der Waals surface area (Å²) < 4.78 is 83.4. The first-order valence-electron chi connectivity index (χ1n) is 6.97. The van der Waals surface area contributed by atoms with Crippen molar-refractivity contribution in [3.8, 4) is 0 Å². The minimum absolute atomic E-state index is 0.477. The Morgan fingerprint density at radius 1 is 1.04 bits per heavy atom. The number of hydrogen-bond donors (Lipinski definition) is 3. The van der Waals surface area contributed by atoms with Gasteiger partial charge in [0.05, 0.1) is 18.2 Å². The summed E-state index contributed by atoms with van der Waals surface area (Å²) in [6.45, 7) is -0.746. The van der Waals surface area contributed by atoms with E-state index in [9.17, 15) is 36.6 Å². The minimum Gasteiger partial charge on any atom is -0.394 e. The van der Waals surface area contributed by atoms with Gasteiger partial charge in [-0.2, -0.15) is 31.4 Å². The predicted molar refractivity (Wildman–Crippen MR) is 68.3 cm³/mol. The number of ether oxygens (including phenoxy) is 1. The van der Waals surface area contributed by atoms with Crippen molar-refractivity contribution >= 4 is 11.0 Å². The molecule has 3 N–H and O–H groups in total. The maximum Gasteiger partial charge on any atom is 0.451 e. The first kappa shape index (κ1) is 18.8. The average molecular weight is 388 g/mol. The highest BCUT2D eigenvalue weighted by Gasteiger charge is 2.46. The Hall–Kier alpha value is -2.03. The van der Waals surface area contributed by atoms with Crippen LogP contribution in [0.5, 0.6) is 0 Å². The number of aliphatic hydroxyl groups is 3. The smallest absolute Gasteiger partial charge is 0.394 e. The fraction of sp³-hybridized carbons (Fsp3) is 0.583. The lowest BCUT2D eigenvalue weighted by atomic mass is 10.1. The fourth-order valence-corrected chi connectivity index (χ4v) is 2.54. The Bertz CT molecular complexity index is 822. The van der Waals surface area contributed by atoms with Crippen molar-refractivity contribution in [1.29, 1.82) is 0 Å². The van der Waals surface area contributed by atoms with Gasteiger partial charge >= 0.3 is 12.4 Å². The van der Waals surface area contributed by atoms with Gasteiger partial charge in [-0.1, -0.05) is 0 Å². The van der Waals surface area contributed by atoms with Crippen LogP contribution in [0.2, 0.25) is 0 Å². The first-order chi connectivity index (χ1) is 11.9. The zero-order chi connectivity index (χ0) is 19.4. The number of halogens is 6. The molecule has 4 atom stereocenters. The van der Waals surface area contributed by atoms with Gasteiger partial charge in [0.25, 0.3) is 0 Å². The van der Waals surface area contributed by atoms with Crippen LogP contribution in [0.25, 0.3) is 11.0 Å². The van der Waals surface area contributed by atoms with E-state index in [1.54, 1.807) is 0 Å². The fourth-order valence-electron chi connectivity index (χ4n) is 2.54. The third kappa shape index (κ3) is 2.98. The minimum atomic E-state index is -5.27.